The first-order valence-electron chi connectivity index (χ1n) is 10.2. The van der Waals surface area contributed by atoms with Crippen LogP contribution in [-0.4, -0.2) is 31.8 Å². The number of nitrogens with zero attached hydrogens (tertiary/aromatic N) is 2. The molecule has 0 unspecified atom stereocenters. The molecule has 2 heterocycles. The first-order chi connectivity index (χ1) is 14.6. The first kappa shape index (κ1) is 18.6. The molecule has 6 heteroatoms. The molecule has 30 heavy (non-hydrogen) atoms. The van der Waals surface area contributed by atoms with Crippen molar-refractivity contribution in [2.45, 2.75) is 31.3 Å². The third-order valence-corrected chi connectivity index (χ3v) is 5.91. The predicted molar refractivity (Wildman–Crippen MR) is 116 cm³/mol. The molecule has 4 aromatic rings. The maximum absolute atomic E-state index is 12.6. The van der Waals surface area contributed by atoms with Gasteiger partial charge in [-0.15, -0.1) is 0 Å². The second-order valence-corrected chi connectivity index (χ2v) is 7.88. The number of nitrogens with one attached hydrogen (secondary N) is 1. The quantitative estimate of drug-likeness (QED) is 0.511. The lowest BCUT2D eigenvalue weighted by Crippen LogP contribution is -2.38. The zero-order valence-electron chi connectivity index (χ0n) is 16.5. The van der Waals surface area contributed by atoms with Gasteiger partial charge in [-0.3, -0.25) is 4.79 Å². The SMILES string of the molecule is O=c1[nH]cnc2c1c(-c1ccc(OCCC3(O)CCC3)cc1)cn2-c1ccccc1. The van der Waals surface area contributed by atoms with Crippen molar-refractivity contribution in [3.8, 4) is 22.6 Å². The highest BCUT2D eigenvalue weighted by atomic mass is 16.5. The van der Waals surface area contributed by atoms with Crippen LogP contribution in [0.5, 0.6) is 5.75 Å². The number of H-pyrrole nitrogens is 1. The Bertz CT molecular complexity index is 1220. The van der Waals surface area contributed by atoms with E-state index in [0.717, 1.165) is 41.8 Å². The summed E-state index contributed by atoms with van der Waals surface area (Å²) in [5.41, 5.74) is 2.60. The van der Waals surface area contributed by atoms with E-state index in [1.165, 1.54) is 6.33 Å². The minimum Gasteiger partial charge on any atom is -0.493 e. The maximum atomic E-state index is 12.6. The Kier molecular flexibility index (Phi) is 4.64. The summed E-state index contributed by atoms with van der Waals surface area (Å²) in [6, 6.07) is 17.5. The van der Waals surface area contributed by atoms with Gasteiger partial charge in [0.25, 0.3) is 5.56 Å². The van der Waals surface area contributed by atoms with Gasteiger partial charge >= 0.3 is 0 Å². The largest absolute Gasteiger partial charge is 0.493 e. The van der Waals surface area contributed by atoms with Gasteiger partial charge in [0.2, 0.25) is 0 Å². The molecule has 0 atom stereocenters. The minimum absolute atomic E-state index is 0.168. The van der Waals surface area contributed by atoms with Gasteiger partial charge in [0.1, 0.15) is 5.75 Å². The standard InChI is InChI=1S/C24H23N3O3/c28-23-21-20(15-27(22(21)25-16-26-23)18-5-2-1-3-6-18)17-7-9-19(10-8-17)30-14-13-24(29)11-4-12-24/h1-3,5-10,15-16,29H,4,11-14H2,(H,25,26,28). The van der Waals surface area contributed by atoms with E-state index in [0.29, 0.717) is 24.1 Å². The molecule has 0 bridgehead atoms. The van der Waals surface area contributed by atoms with Crippen molar-refractivity contribution in [2.75, 3.05) is 6.61 Å². The Morgan fingerprint density at radius 1 is 1.10 bits per heavy atom. The minimum atomic E-state index is -0.534. The molecule has 0 amide bonds. The van der Waals surface area contributed by atoms with Crippen LogP contribution in [0.15, 0.2) is 71.9 Å². The summed E-state index contributed by atoms with van der Waals surface area (Å²) in [6.45, 7) is 0.493. The third-order valence-electron chi connectivity index (χ3n) is 5.91. The van der Waals surface area contributed by atoms with Crippen molar-refractivity contribution >= 4 is 11.0 Å². The summed E-state index contributed by atoms with van der Waals surface area (Å²) >= 11 is 0. The maximum Gasteiger partial charge on any atom is 0.260 e. The number of aliphatic hydroxyl groups is 1. The summed E-state index contributed by atoms with van der Waals surface area (Å²) in [4.78, 5) is 19.7. The van der Waals surface area contributed by atoms with E-state index in [1.54, 1.807) is 0 Å². The van der Waals surface area contributed by atoms with Crippen LogP contribution in [0.1, 0.15) is 25.7 Å². The highest BCUT2D eigenvalue weighted by Gasteiger charge is 2.33. The smallest absolute Gasteiger partial charge is 0.260 e. The fourth-order valence-corrected chi connectivity index (χ4v) is 4.00. The molecule has 1 saturated carbocycles. The number of fused-ring (bicyclic) bond motifs is 1. The molecule has 0 radical (unpaired) electrons. The van der Waals surface area contributed by atoms with Gasteiger partial charge in [0.15, 0.2) is 5.65 Å². The van der Waals surface area contributed by atoms with Gasteiger partial charge in [-0.1, -0.05) is 30.3 Å². The van der Waals surface area contributed by atoms with Crippen LogP contribution in [0.2, 0.25) is 0 Å². The molecule has 0 aliphatic heterocycles. The van der Waals surface area contributed by atoms with Crippen molar-refractivity contribution in [3.63, 3.8) is 0 Å². The van der Waals surface area contributed by atoms with Crippen LogP contribution in [0.4, 0.5) is 0 Å². The molecule has 1 aliphatic rings. The Hall–Kier alpha value is -3.38. The lowest BCUT2D eigenvalue weighted by Gasteiger charge is -2.36. The molecule has 0 spiro atoms. The Morgan fingerprint density at radius 3 is 2.57 bits per heavy atom. The summed E-state index contributed by atoms with van der Waals surface area (Å²) in [5, 5.41) is 10.7. The molecule has 152 valence electrons. The van der Waals surface area contributed by atoms with E-state index in [2.05, 4.69) is 9.97 Å². The fourth-order valence-electron chi connectivity index (χ4n) is 4.00. The van der Waals surface area contributed by atoms with Crippen LogP contribution in [-0.2, 0) is 0 Å². The highest BCUT2D eigenvalue weighted by Crippen LogP contribution is 2.35. The van der Waals surface area contributed by atoms with Gasteiger partial charge in [-0.05, 0) is 49.1 Å². The number of benzene rings is 2. The molecule has 0 saturated heterocycles. The monoisotopic (exact) mass is 401 g/mol. The molecule has 2 aromatic heterocycles. The zero-order valence-corrected chi connectivity index (χ0v) is 16.5. The van der Waals surface area contributed by atoms with Crippen LogP contribution in [0.25, 0.3) is 27.8 Å². The van der Waals surface area contributed by atoms with E-state index in [1.807, 2.05) is 65.4 Å². The molecular formula is C24H23N3O3. The van der Waals surface area contributed by atoms with Crippen LogP contribution in [0, 0.1) is 0 Å². The molecule has 1 aliphatic carbocycles. The van der Waals surface area contributed by atoms with Crippen molar-refractivity contribution in [3.05, 3.63) is 77.5 Å². The predicted octanol–water partition coefficient (Wildman–Crippen LogP) is 4.06. The van der Waals surface area contributed by atoms with Crippen molar-refractivity contribution in [1.29, 1.82) is 0 Å². The number of aromatic amines is 1. The molecule has 2 aromatic carbocycles. The zero-order chi connectivity index (χ0) is 20.6. The van der Waals surface area contributed by atoms with Gasteiger partial charge < -0.3 is 19.4 Å². The average Bonchev–Trinajstić information content (AvgIpc) is 3.15. The second kappa shape index (κ2) is 7.46. The van der Waals surface area contributed by atoms with Gasteiger partial charge in [-0.25, -0.2) is 4.98 Å². The number of rotatable bonds is 6. The van der Waals surface area contributed by atoms with Crippen molar-refractivity contribution in [1.82, 2.24) is 14.5 Å². The lowest BCUT2D eigenvalue weighted by molar-refractivity contribution is -0.0482. The summed E-state index contributed by atoms with van der Waals surface area (Å²) in [5.74, 6) is 0.750. The van der Waals surface area contributed by atoms with E-state index >= 15 is 0 Å². The number of aromatic nitrogens is 3. The Balaban J connectivity index is 1.45. The van der Waals surface area contributed by atoms with E-state index in [-0.39, 0.29) is 5.56 Å². The average molecular weight is 401 g/mol. The van der Waals surface area contributed by atoms with E-state index in [4.69, 9.17) is 4.74 Å². The molecule has 5 rings (SSSR count). The Morgan fingerprint density at radius 2 is 1.87 bits per heavy atom. The molecular weight excluding hydrogens is 378 g/mol. The summed E-state index contributed by atoms with van der Waals surface area (Å²) in [6.07, 6.45) is 6.86. The first-order valence-corrected chi connectivity index (χ1v) is 10.2. The highest BCUT2D eigenvalue weighted by molar-refractivity contribution is 5.94. The van der Waals surface area contributed by atoms with Gasteiger partial charge in [0.05, 0.1) is 23.9 Å². The number of ether oxygens (including phenoxy) is 1. The topological polar surface area (TPSA) is 80.1 Å². The third kappa shape index (κ3) is 3.39. The van der Waals surface area contributed by atoms with Gasteiger partial charge in [0, 0.05) is 23.9 Å². The lowest BCUT2D eigenvalue weighted by atomic mass is 9.78. The number of hydrogen-bond donors (Lipinski definition) is 2. The summed E-state index contributed by atoms with van der Waals surface area (Å²) < 4.78 is 7.74. The molecule has 2 N–H and O–H groups in total. The number of para-hydroxylation sites is 1. The molecule has 6 nitrogen and oxygen atoms in total. The Labute approximate surface area is 173 Å². The normalized spacial score (nSPS) is 15.1. The van der Waals surface area contributed by atoms with E-state index in [9.17, 15) is 9.90 Å². The van der Waals surface area contributed by atoms with Gasteiger partial charge in [-0.2, -0.15) is 0 Å². The van der Waals surface area contributed by atoms with E-state index < -0.39 is 5.60 Å². The van der Waals surface area contributed by atoms with Crippen LogP contribution in [0.3, 0.4) is 0 Å². The van der Waals surface area contributed by atoms with Crippen LogP contribution >= 0.6 is 0 Å². The summed E-state index contributed by atoms with van der Waals surface area (Å²) in [7, 11) is 0. The second-order valence-electron chi connectivity index (χ2n) is 7.88. The fraction of sp³-hybridized carbons (Fsp3) is 0.250. The number of hydrogen-bond acceptors (Lipinski definition) is 4. The van der Waals surface area contributed by atoms with Crippen LogP contribution < -0.4 is 10.3 Å². The van der Waals surface area contributed by atoms with Crippen molar-refractivity contribution < 1.29 is 9.84 Å². The van der Waals surface area contributed by atoms with Crippen molar-refractivity contribution in [2.24, 2.45) is 0 Å². The molecule has 1 fully saturated rings.